The number of ether oxygens (including phenoxy) is 1. The topological polar surface area (TPSA) is 60.2 Å². The zero-order valence-electron chi connectivity index (χ0n) is 16.4. The molecule has 28 heavy (non-hydrogen) atoms. The highest BCUT2D eigenvalue weighted by molar-refractivity contribution is 7.99. The highest BCUT2D eigenvalue weighted by Gasteiger charge is 2.26. The largest absolute Gasteiger partial charge is 0.376 e. The summed E-state index contributed by atoms with van der Waals surface area (Å²) in [6.07, 6.45) is 4.76. The third-order valence-corrected chi connectivity index (χ3v) is 6.57. The maximum atomic E-state index is 12.5. The molecule has 0 N–H and O–H groups in total. The molecule has 1 unspecified atom stereocenters. The average Bonchev–Trinajstić information content (AvgIpc) is 3.38. The zero-order chi connectivity index (χ0) is 19.3. The molecular weight excluding hydrogens is 372 g/mol. The van der Waals surface area contributed by atoms with Crippen LogP contribution in [0, 0.1) is 5.92 Å². The molecule has 4 rings (SSSR count). The molecule has 0 saturated carbocycles. The van der Waals surface area contributed by atoms with Crippen LogP contribution >= 0.6 is 11.8 Å². The number of aromatic nitrogens is 3. The molecule has 0 amide bonds. The van der Waals surface area contributed by atoms with Crippen LogP contribution in [0.2, 0.25) is 0 Å². The van der Waals surface area contributed by atoms with Gasteiger partial charge in [-0.25, -0.2) is 0 Å². The first kappa shape index (κ1) is 19.5. The number of nitrogens with zero attached hydrogens (tertiary/aromatic N) is 4. The van der Waals surface area contributed by atoms with Gasteiger partial charge in [0.15, 0.2) is 10.9 Å². The van der Waals surface area contributed by atoms with E-state index in [-0.39, 0.29) is 11.9 Å². The molecule has 0 aliphatic carbocycles. The van der Waals surface area contributed by atoms with Crippen molar-refractivity contribution in [3.8, 4) is 0 Å². The zero-order valence-corrected chi connectivity index (χ0v) is 17.2. The lowest BCUT2D eigenvalue weighted by Gasteiger charge is -2.31. The number of carbonyl (C=O) groups is 1. The highest BCUT2D eigenvalue weighted by Crippen LogP contribution is 2.28. The molecule has 7 heteroatoms. The number of hydrogen-bond donors (Lipinski definition) is 0. The van der Waals surface area contributed by atoms with E-state index < -0.39 is 0 Å². The molecule has 2 aromatic rings. The molecule has 2 saturated heterocycles. The number of ketones is 1. The lowest BCUT2D eigenvalue weighted by Crippen LogP contribution is -2.35. The van der Waals surface area contributed by atoms with Gasteiger partial charge in [-0.15, -0.1) is 10.2 Å². The van der Waals surface area contributed by atoms with E-state index in [1.54, 1.807) is 0 Å². The van der Waals surface area contributed by atoms with Crippen LogP contribution in [0.25, 0.3) is 0 Å². The molecule has 150 valence electrons. The van der Waals surface area contributed by atoms with Crippen molar-refractivity contribution in [2.24, 2.45) is 5.92 Å². The maximum absolute atomic E-state index is 12.5. The van der Waals surface area contributed by atoms with Gasteiger partial charge in [0.25, 0.3) is 0 Å². The Morgan fingerprint density at radius 3 is 2.68 bits per heavy atom. The Morgan fingerprint density at radius 1 is 1.18 bits per heavy atom. The number of piperidine rings is 1. The van der Waals surface area contributed by atoms with E-state index >= 15 is 0 Å². The molecular formula is C21H28N4O2S. The first-order chi connectivity index (χ1) is 13.7. The Morgan fingerprint density at radius 2 is 1.96 bits per heavy atom. The summed E-state index contributed by atoms with van der Waals surface area (Å²) in [5.41, 5.74) is 0.741. The van der Waals surface area contributed by atoms with Gasteiger partial charge in [-0.1, -0.05) is 49.0 Å². The summed E-state index contributed by atoms with van der Waals surface area (Å²) in [5, 5.41) is 9.77. The summed E-state index contributed by atoms with van der Waals surface area (Å²) in [6.45, 7) is 5.93. The number of thioether (sulfide) groups is 1. The van der Waals surface area contributed by atoms with E-state index in [1.165, 1.54) is 24.6 Å². The standard InChI is InChI=1S/C21H28N4O2S/c1-16-9-11-24(12-10-16)20-22-23-21(25(20)14-18-8-5-13-27-18)28-15-19(26)17-6-3-2-4-7-17/h2-4,6-7,16,18H,5,8-15H2,1H3. The number of rotatable bonds is 7. The number of hydrogen-bond acceptors (Lipinski definition) is 6. The summed E-state index contributed by atoms with van der Waals surface area (Å²) in [6, 6.07) is 9.44. The lowest BCUT2D eigenvalue weighted by molar-refractivity contribution is 0.0951. The first-order valence-electron chi connectivity index (χ1n) is 10.2. The van der Waals surface area contributed by atoms with Crippen molar-refractivity contribution in [3.05, 3.63) is 35.9 Å². The first-order valence-corrected chi connectivity index (χ1v) is 11.2. The molecule has 2 aliphatic heterocycles. The van der Waals surface area contributed by atoms with E-state index in [1.807, 2.05) is 30.3 Å². The Hall–Kier alpha value is -1.86. The molecule has 0 radical (unpaired) electrons. The predicted octanol–water partition coefficient (Wildman–Crippen LogP) is 3.67. The molecule has 1 aromatic heterocycles. The fraction of sp³-hybridized carbons (Fsp3) is 0.571. The van der Waals surface area contributed by atoms with Crippen LogP contribution in [0.5, 0.6) is 0 Å². The summed E-state index contributed by atoms with van der Waals surface area (Å²) in [5.74, 6) is 2.18. The van der Waals surface area contributed by atoms with Crippen molar-refractivity contribution in [3.63, 3.8) is 0 Å². The third-order valence-electron chi connectivity index (χ3n) is 5.60. The molecule has 6 nitrogen and oxygen atoms in total. The fourth-order valence-corrected chi connectivity index (χ4v) is 4.66. The van der Waals surface area contributed by atoms with E-state index in [0.717, 1.165) is 61.7 Å². The quantitative estimate of drug-likeness (QED) is 0.522. The summed E-state index contributed by atoms with van der Waals surface area (Å²) in [7, 11) is 0. The second-order valence-corrected chi connectivity index (χ2v) is 8.72. The minimum Gasteiger partial charge on any atom is -0.376 e. The maximum Gasteiger partial charge on any atom is 0.228 e. The number of Topliss-reactive ketones (excluding diaryl/α,β-unsaturated/α-hetero) is 1. The summed E-state index contributed by atoms with van der Waals surface area (Å²) in [4.78, 5) is 14.8. The molecule has 1 atom stereocenters. The summed E-state index contributed by atoms with van der Waals surface area (Å²) < 4.78 is 8.04. The van der Waals surface area contributed by atoms with E-state index in [0.29, 0.717) is 5.75 Å². The van der Waals surface area contributed by atoms with Crippen molar-refractivity contribution in [1.29, 1.82) is 0 Å². The second kappa shape index (κ2) is 9.09. The van der Waals surface area contributed by atoms with Gasteiger partial charge < -0.3 is 9.64 Å². The molecule has 0 bridgehead atoms. The van der Waals surface area contributed by atoms with E-state index in [2.05, 4.69) is 26.6 Å². The van der Waals surface area contributed by atoms with Gasteiger partial charge in [0.2, 0.25) is 5.95 Å². The minimum absolute atomic E-state index is 0.116. The van der Waals surface area contributed by atoms with E-state index in [9.17, 15) is 4.79 Å². The van der Waals surface area contributed by atoms with Crippen molar-refractivity contribution in [2.45, 2.75) is 50.4 Å². The monoisotopic (exact) mass is 400 g/mol. The van der Waals surface area contributed by atoms with Crippen LogP contribution < -0.4 is 4.90 Å². The van der Waals surface area contributed by atoms with Gasteiger partial charge in [0.05, 0.1) is 18.4 Å². The van der Waals surface area contributed by atoms with Crippen LogP contribution in [0.15, 0.2) is 35.5 Å². The Bertz CT molecular complexity index is 781. The Labute approximate surface area is 170 Å². The summed E-state index contributed by atoms with van der Waals surface area (Å²) >= 11 is 1.48. The Balaban J connectivity index is 1.49. The Kier molecular flexibility index (Phi) is 6.32. The van der Waals surface area contributed by atoms with Gasteiger partial charge >= 0.3 is 0 Å². The smallest absolute Gasteiger partial charge is 0.228 e. The van der Waals surface area contributed by atoms with Crippen LogP contribution in [0.3, 0.4) is 0 Å². The fourth-order valence-electron chi connectivity index (χ4n) is 3.82. The molecule has 2 fully saturated rings. The van der Waals surface area contributed by atoms with E-state index in [4.69, 9.17) is 4.74 Å². The lowest BCUT2D eigenvalue weighted by atomic mass is 10.00. The highest BCUT2D eigenvalue weighted by atomic mass is 32.2. The van der Waals surface area contributed by atoms with Crippen molar-refractivity contribution < 1.29 is 9.53 Å². The van der Waals surface area contributed by atoms with Crippen molar-refractivity contribution >= 4 is 23.5 Å². The van der Waals surface area contributed by atoms with Crippen molar-refractivity contribution in [1.82, 2.24) is 14.8 Å². The molecule has 0 spiro atoms. The van der Waals surface area contributed by atoms with Gasteiger partial charge in [0.1, 0.15) is 0 Å². The third kappa shape index (κ3) is 4.58. The van der Waals surface area contributed by atoms with Crippen LogP contribution in [-0.2, 0) is 11.3 Å². The van der Waals surface area contributed by atoms with Gasteiger partial charge in [-0.2, -0.15) is 0 Å². The SMILES string of the molecule is CC1CCN(c2nnc(SCC(=O)c3ccccc3)n2CC2CCCO2)CC1. The average molecular weight is 401 g/mol. The van der Waals surface area contributed by atoms with Crippen molar-refractivity contribution in [2.75, 3.05) is 30.3 Å². The normalized spacial score (nSPS) is 20.6. The number of benzene rings is 1. The minimum atomic E-state index is 0.116. The van der Waals surface area contributed by atoms with Crippen LogP contribution in [0.1, 0.15) is 43.0 Å². The van der Waals surface area contributed by atoms with Gasteiger partial charge in [0, 0.05) is 25.3 Å². The predicted molar refractivity (Wildman–Crippen MR) is 111 cm³/mol. The molecule has 3 heterocycles. The molecule has 2 aliphatic rings. The second-order valence-electron chi connectivity index (χ2n) is 7.78. The van der Waals surface area contributed by atoms with Crippen LogP contribution in [0.4, 0.5) is 5.95 Å². The van der Waals surface area contributed by atoms with Crippen LogP contribution in [-0.4, -0.2) is 52.1 Å². The number of carbonyl (C=O) groups excluding carboxylic acids is 1. The van der Waals surface area contributed by atoms with Gasteiger partial charge in [-0.3, -0.25) is 9.36 Å². The number of anilines is 1. The molecule has 1 aromatic carbocycles. The van der Waals surface area contributed by atoms with Gasteiger partial charge in [-0.05, 0) is 31.6 Å².